The number of aromatic nitrogens is 4. The van der Waals surface area contributed by atoms with Gasteiger partial charge in [-0.1, -0.05) is 42.5 Å². The number of carbonyl (C=O) groups excluding carboxylic acids is 2. The number of aryl methyl sites for hydroxylation is 1. The molecule has 2 heterocycles. The fourth-order valence-corrected chi connectivity index (χ4v) is 7.95. The summed E-state index contributed by atoms with van der Waals surface area (Å²) in [7, 11) is -3.84. The van der Waals surface area contributed by atoms with Crippen LogP contribution < -0.4 is 20.7 Å². The Morgan fingerprint density at radius 3 is 2.42 bits per heavy atom. The number of rotatable bonds is 20. The summed E-state index contributed by atoms with van der Waals surface area (Å²) in [5.41, 5.74) is 9.08. The first-order valence-corrected chi connectivity index (χ1v) is 20.2. The predicted molar refractivity (Wildman–Crippen MR) is 202 cm³/mol. The Kier molecular flexibility index (Phi) is 14.4. The maximum absolute atomic E-state index is 14.3. The van der Waals surface area contributed by atoms with Gasteiger partial charge < -0.3 is 34.4 Å². The normalized spacial score (nSPS) is 16.2. The van der Waals surface area contributed by atoms with E-state index in [4.69, 9.17) is 24.5 Å². The molecule has 0 amide bonds. The second-order valence-corrected chi connectivity index (χ2v) is 15.9. The SMILES string of the molecule is CC(C)OC(=O)[C@H](C)N[P@@](=O)(CO[C@H](C)Cn1cnc2c(N)ncnc21)Oc1ccc(C[C@H](NCCCc2ccccc2)C(=O)OC2CCCC2)cc1. The second-order valence-electron chi connectivity index (χ2n) is 13.8. The lowest BCUT2D eigenvalue weighted by molar-refractivity contribution is -0.151. The van der Waals surface area contributed by atoms with Crippen LogP contribution in [0.25, 0.3) is 11.2 Å². The molecule has 0 bridgehead atoms. The van der Waals surface area contributed by atoms with E-state index in [1.165, 1.54) is 11.9 Å². The van der Waals surface area contributed by atoms with Crippen LogP contribution in [0, 0.1) is 0 Å². The molecule has 4 aromatic rings. The Hall–Kier alpha value is -4.36. The van der Waals surface area contributed by atoms with E-state index < -0.39 is 31.7 Å². The van der Waals surface area contributed by atoms with Crippen LogP contribution in [0.4, 0.5) is 5.82 Å². The van der Waals surface area contributed by atoms with Crippen molar-refractivity contribution in [3.05, 3.63) is 78.4 Å². The smallest absolute Gasteiger partial charge is 0.342 e. The molecule has 4 N–H and O–H groups in total. The fourth-order valence-electron chi connectivity index (χ4n) is 6.16. The third kappa shape index (κ3) is 12.1. The van der Waals surface area contributed by atoms with Gasteiger partial charge in [-0.15, -0.1) is 0 Å². The van der Waals surface area contributed by atoms with E-state index in [2.05, 4.69) is 37.5 Å². The van der Waals surface area contributed by atoms with Gasteiger partial charge >= 0.3 is 19.5 Å². The number of carbonyl (C=O) groups is 2. The van der Waals surface area contributed by atoms with Gasteiger partial charge in [0.15, 0.2) is 11.5 Å². The Morgan fingerprint density at radius 1 is 0.962 bits per heavy atom. The third-order valence-corrected chi connectivity index (χ3v) is 10.6. The molecule has 2 aromatic heterocycles. The zero-order valence-electron chi connectivity index (χ0n) is 31.0. The maximum Gasteiger partial charge on any atom is 0.342 e. The van der Waals surface area contributed by atoms with Gasteiger partial charge in [0.25, 0.3) is 0 Å². The third-order valence-electron chi connectivity index (χ3n) is 8.87. The summed E-state index contributed by atoms with van der Waals surface area (Å²) in [5, 5.41) is 6.27. The van der Waals surface area contributed by atoms with Crippen molar-refractivity contribution in [1.82, 2.24) is 29.9 Å². The molecule has 1 fully saturated rings. The van der Waals surface area contributed by atoms with Crippen molar-refractivity contribution >= 4 is 36.4 Å². The number of fused-ring (bicyclic) bond motifs is 1. The number of ether oxygens (including phenoxy) is 3. The molecular weight excluding hydrogens is 697 g/mol. The zero-order chi connectivity index (χ0) is 37.8. The van der Waals surface area contributed by atoms with Crippen LogP contribution in [-0.4, -0.2) is 74.7 Å². The van der Waals surface area contributed by atoms with Gasteiger partial charge in [-0.05, 0) is 102 Å². The summed E-state index contributed by atoms with van der Waals surface area (Å²) in [6.45, 7) is 7.85. The number of nitrogens with two attached hydrogens (primary N) is 1. The number of hydrogen-bond acceptors (Lipinski definition) is 12. The zero-order valence-corrected chi connectivity index (χ0v) is 31.9. The van der Waals surface area contributed by atoms with E-state index in [0.29, 0.717) is 36.4 Å². The summed E-state index contributed by atoms with van der Waals surface area (Å²) in [6.07, 6.45) is 7.88. The monoisotopic (exact) mass is 749 g/mol. The van der Waals surface area contributed by atoms with Crippen molar-refractivity contribution in [1.29, 1.82) is 0 Å². The summed E-state index contributed by atoms with van der Waals surface area (Å²) in [4.78, 5) is 38.5. The van der Waals surface area contributed by atoms with Gasteiger partial charge in [0, 0.05) is 0 Å². The minimum Gasteiger partial charge on any atom is -0.462 e. The van der Waals surface area contributed by atoms with Crippen molar-refractivity contribution < 1.29 is 32.9 Å². The highest BCUT2D eigenvalue weighted by molar-refractivity contribution is 7.57. The molecule has 1 saturated carbocycles. The van der Waals surface area contributed by atoms with E-state index in [-0.39, 0.29) is 30.3 Å². The number of anilines is 1. The molecule has 53 heavy (non-hydrogen) atoms. The molecule has 286 valence electrons. The molecule has 1 aliphatic rings. The first-order chi connectivity index (χ1) is 25.5. The van der Waals surface area contributed by atoms with Crippen molar-refractivity contribution in [2.75, 3.05) is 18.6 Å². The highest BCUT2D eigenvalue weighted by Crippen LogP contribution is 2.44. The maximum atomic E-state index is 14.3. The standard InChI is InChI=1S/C38H52N7O7P/c1-26(2)50-37(46)28(4)44-53(48,25-49-27(3)22-45-24-43-34-35(39)41-23-42-36(34)45)52-32-18-16-30(17-19-32)21-33(38(47)51-31-14-8-9-15-31)40-20-10-13-29-11-6-5-7-12-29/h5-7,11-12,16-19,23-24,26-28,31,33,40H,8-10,13-15,20-22,25H2,1-4H3,(H,44,48)(H2,39,41,42)/t27-,28+,33+,53-/m1/s1. The number of nitrogen functional groups attached to an aromatic ring is 1. The van der Waals surface area contributed by atoms with Crippen LogP contribution in [0.2, 0.25) is 0 Å². The molecule has 0 unspecified atom stereocenters. The molecular formula is C38H52N7O7P. The minimum atomic E-state index is -3.84. The Morgan fingerprint density at radius 2 is 1.70 bits per heavy atom. The van der Waals surface area contributed by atoms with Gasteiger partial charge in [0.05, 0.1) is 25.1 Å². The average Bonchev–Trinajstić information content (AvgIpc) is 3.80. The van der Waals surface area contributed by atoms with E-state index in [9.17, 15) is 14.2 Å². The van der Waals surface area contributed by atoms with Crippen molar-refractivity contribution in [2.45, 2.75) is 110 Å². The summed E-state index contributed by atoms with van der Waals surface area (Å²) >= 11 is 0. The number of imidazole rings is 1. The summed E-state index contributed by atoms with van der Waals surface area (Å²) in [5.74, 6) is -0.244. The highest BCUT2D eigenvalue weighted by Gasteiger charge is 2.32. The lowest BCUT2D eigenvalue weighted by atomic mass is 10.0. The van der Waals surface area contributed by atoms with E-state index in [1.54, 1.807) is 43.8 Å². The Labute approximate surface area is 311 Å². The lowest BCUT2D eigenvalue weighted by Crippen LogP contribution is -2.41. The Balaban J connectivity index is 1.24. The highest BCUT2D eigenvalue weighted by atomic mass is 31.2. The molecule has 0 spiro atoms. The largest absolute Gasteiger partial charge is 0.462 e. The van der Waals surface area contributed by atoms with E-state index in [1.807, 2.05) is 37.3 Å². The topological polar surface area (TPSA) is 182 Å². The minimum absolute atomic E-state index is 0.0363. The number of hydrogen-bond donors (Lipinski definition) is 3. The predicted octanol–water partition coefficient (Wildman–Crippen LogP) is 5.59. The first kappa shape index (κ1) is 39.8. The molecule has 15 heteroatoms. The quantitative estimate of drug-likeness (QED) is 0.0578. The molecule has 5 rings (SSSR count). The number of nitrogens with one attached hydrogen (secondary N) is 2. The molecule has 1 aliphatic carbocycles. The van der Waals surface area contributed by atoms with Crippen LogP contribution in [0.15, 0.2) is 67.3 Å². The summed E-state index contributed by atoms with van der Waals surface area (Å²) < 4.78 is 39.4. The van der Waals surface area contributed by atoms with Gasteiger partial charge in [-0.25, -0.2) is 20.0 Å². The molecule has 4 atom stereocenters. The van der Waals surface area contributed by atoms with Crippen LogP contribution in [0.3, 0.4) is 0 Å². The van der Waals surface area contributed by atoms with Crippen LogP contribution in [0.5, 0.6) is 5.75 Å². The fraction of sp³-hybridized carbons (Fsp3) is 0.500. The van der Waals surface area contributed by atoms with Crippen molar-refractivity contribution in [3.8, 4) is 5.75 Å². The second kappa shape index (κ2) is 19.1. The summed E-state index contributed by atoms with van der Waals surface area (Å²) in [6, 6.07) is 15.8. The van der Waals surface area contributed by atoms with Gasteiger partial charge in [-0.3, -0.25) is 14.2 Å². The van der Waals surface area contributed by atoms with Crippen LogP contribution in [0.1, 0.15) is 70.9 Å². The van der Waals surface area contributed by atoms with E-state index >= 15 is 0 Å². The molecule has 0 saturated heterocycles. The molecule has 0 radical (unpaired) electrons. The molecule has 14 nitrogen and oxygen atoms in total. The first-order valence-electron chi connectivity index (χ1n) is 18.3. The number of esters is 2. The average molecular weight is 750 g/mol. The lowest BCUT2D eigenvalue weighted by Gasteiger charge is -2.25. The van der Waals surface area contributed by atoms with Crippen molar-refractivity contribution in [3.63, 3.8) is 0 Å². The molecule has 0 aliphatic heterocycles. The Bertz CT molecular complexity index is 1820. The number of nitrogens with zero attached hydrogens (tertiary/aromatic N) is 4. The van der Waals surface area contributed by atoms with Gasteiger partial charge in [0.1, 0.15) is 42.1 Å². The van der Waals surface area contributed by atoms with Crippen LogP contribution in [-0.2, 0) is 47.8 Å². The number of benzene rings is 2. The van der Waals surface area contributed by atoms with E-state index in [0.717, 1.165) is 44.1 Å². The van der Waals surface area contributed by atoms with Gasteiger partial charge in [-0.2, -0.15) is 0 Å². The van der Waals surface area contributed by atoms with Gasteiger partial charge in [0.2, 0.25) is 0 Å². The van der Waals surface area contributed by atoms with Crippen LogP contribution >= 0.6 is 7.52 Å². The van der Waals surface area contributed by atoms with Crippen molar-refractivity contribution in [2.24, 2.45) is 0 Å². The molecule has 2 aromatic carbocycles.